The van der Waals surface area contributed by atoms with E-state index >= 15 is 0 Å². The van der Waals surface area contributed by atoms with Gasteiger partial charge in [-0.1, -0.05) is 30.3 Å². The average Bonchev–Trinajstić information content (AvgIpc) is 3.28. The number of anilines is 1. The summed E-state index contributed by atoms with van der Waals surface area (Å²) in [5.74, 6) is -0.337. The summed E-state index contributed by atoms with van der Waals surface area (Å²) in [7, 11) is 5.77. The zero-order valence-corrected chi connectivity index (χ0v) is 17.1. The lowest BCUT2D eigenvalue weighted by atomic mass is 10.1. The molecule has 0 aliphatic rings. The number of likely N-dealkylation sites (N-methyl/N-ethyl adjacent to an activating group) is 1. The molecule has 0 fully saturated rings. The molecule has 30 heavy (non-hydrogen) atoms. The van der Waals surface area contributed by atoms with Gasteiger partial charge in [-0.05, 0) is 26.2 Å². The number of rotatable bonds is 6. The number of hydrogen-bond acceptors (Lipinski definition) is 4. The van der Waals surface area contributed by atoms with E-state index in [-0.39, 0.29) is 11.7 Å². The lowest BCUT2D eigenvalue weighted by molar-refractivity contribution is 0.102. The van der Waals surface area contributed by atoms with Gasteiger partial charge in [0.1, 0.15) is 5.82 Å². The van der Waals surface area contributed by atoms with E-state index in [0.717, 1.165) is 23.3 Å². The van der Waals surface area contributed by atoms with Gasteiger partial charge in [-0.15, -0.1) is 0 Å². The minimum Gasteiger partial charge on any atom is -0.313 e. The number of aryl methyl sites for hydroxylation is 1. The van der Waals surface area contributed by atoms with Crippen LogP contribution in [0.2, 0.25) is 0 Å². The topological polar surface area (TPSA) is 68.0 Å². The van der Waals surface area contributed by atoms with E-state index in [4.69, 9.17) is 0 Å². The van der Waals surface area contributed by atoms with Gasteiger partial charge in [0.25, 0.3) is 5.91 Å². The highest BCUT2D eigenvalue weighted by molar-refractivity contribution is 6.08. The Balaban J connectivity index is 1.70. The van der Waals surface area contributed by atoms with Crippen LogP contribution in [0.3, 0.4) is 0 Å². The Morgan fingerprint density at radius 1 is 1.17 bits per heavy atom. The van der Waals surface area contributed by atoms with Crippen molar-refractivity contribution in [3.8, 4) is 11.3 Å². The van der Waals surface area contributed by atoms with Crippen LogP contribution in [0.4, 0.5) is 10.3 Å². The first-order chi connectivity index (χ1) is 14.4. The Bertz CT molecular complexity index is 1200. The van der Waals surface area contributed by atoms with Crippen molar-refractivity contribution >= 4 is 22.9 Å². The summed E-state index contributed by atoms with van der Waals surface area (Å²) in [6, 6.07) is 14.1. The lowest BCUT2D eigenvalue weighted by Gasteiger charge is -2.13. The summed E-state index contributed by atoms with van der Waals surface area (Å²) in [6.45, 7) is 1.44. The number of carbonyl (C=O) groups is 1. The van der Waals surface area contributed by atoms with Crippen LogP contribution in [0.1, 0.15) is 10.4 Å². The van der Waals surface area contributed by atoms with E-state index in [2.05, 4.69) is 20.3 Å². The number of nitrogens with zero attached hydrogens (tertiary/aromatic N) is 5. The maximum atomic E-state index is 13.5. The SMILES string of the molecule is CN(C)CCn1ncc(C(=O)Nc2nc3cc(F)ccc3n2C)c1-c1ccccc1. The van der Waals surface area contributed by atoms with E-state index in [1.165, 1.54) is 12.1 Å². The van der Waals surface area contributed by atoms with Gasteiger partial charge in [0.2, 0.25) is 5.95 Å². The standard InChI is InChI=1S/C22H23FN6O/c1-27(2)11-12-29-20(15-7-5-4-6-8-15)17(14-24-29)21(30)26-22-25-18-13-16(23)9-10-19(18)28(22)3/h4-10,13-14H,11-12H2,1-3H3,(H,25,26,30). The molecule has 0 bridgehead atoms. The fraction of sp³-hybridized carbons (Fsp3) is 0.227. The Morgan fingerprint density at radius 2 is 1.93 bits per heavy atom. The number of nitrogens with one attached hydrogen (secondary N) is 1. The van der Waals surface area contributed by atoms with Crippen molar-refractivity contribution in [1.29, 1.82) is 0 Å². The minimum atomic E-state index is -0.369. The third-order valence-electron chi connectivity index (χ3n) is 4.96. The van der Waals surface area contributed by atoms with Crippen molar-refractivity contribution < 1.29 is 9.18 Å². The summed E-state index contributed by atoms with van der Waals surface area (Å²) in [6.07, 6.45) is 1.58. The molecule has 0 aliphatic carbocycles. The van der Waals surface area contributed by atoms with E-state index in [9.17, 15) is 9.18 Å². The Kier molecular flexibility index (Phi) is 5.33. The fourth-order valence-electron chi connectivity index (χ4n) is 3.37. The van der Waals surface area contributed by atoms with Crippen molar-refractivity contribution in [2.24, 2.45) is 7.05 Å². The normalized spacial score (nSPS) is 11.4. The Morgan fingerprint density at radius 3 is 2.67 bits per heavy atom. The first-order valence-corrected chi connectivity index (χ1v) is 9.63. The van der Waals surface area contributed by atoms with Gasteiger partial charge in [-0.25, -0.2) is 9.37 Å². The van der Waals surface area contributed by atoms with Crippen LogP contribution in [-0.4, -0.2) is 50.8 Å². The Hall–Kier alpha value is -3.52. The van der Waals surface area contributed by atoms with Gasteiger partial charge in [0.15, 0.2) is 0 Å². The van der Waals surface area contributed by atoms with Crippen molar-refractivity contribution in [1.82, 2.24) is 24.2 Å². The monoisotopic (exact) mass is 406 g/mol. The molecule has 0 unspecified atom stereocenters. The molecule has 0 atom stereocenters. The van der Waals surface area contributed by atoms with Gasteiger partial charge in [0, 0.05) is 25.2 Å². The van der Waals surface area contributed by atoms with E-state index in [1.54, 1.807) is 23.9 Å². The highest BCUT2D eigenvalue weighted by atomic mass is 19.1. The van der Waals surface area contributed by atoms with Crippen LogP contribution >= 0.6 is 0 Å². The molecule has 0 saturated heterocycles. The second-order valence-corrected chi connectivity index (χ2v) is 7.38. The van der Waals surface area contributed by atoms with Crippen LogP contribution < -0.4 is 5.32 Å². The molecular formula is C22H23FN6O. The lowest BCUT2D eigenvalue weighted by Crippen LogP contribution is -2.20. The van der Waals surface area contributed by atoms with Gasteiger partial charge in [-0.2, -0.15) is 5.10 Å². The number of fused-ring (bicyclic) bond motifs is 1. The number of aromatic nitrogens is 4. The largest absolute Gasteiger partial charge is 0.313 e. The second-order valence-electron chi connectivity index (χ2n) is 7.38. The summed E-state index contributed by atoms with van der Waals surface area (Å²) in [5.41, 5.74) is 3.33. The number of imidazole rings is 1. The van der Waals surface area contributed by atoms with Crippen molar-refractivity contribution in [3.05, 3.63) is 66.1 Å². The van der Waals surface area contributed by atoms with E-state index in [1.807, 2.05) is 49.1 Å². The zero-order valence-electron chi connectivity index (χ0n) is 17.1. The molecule has 0 radical (unpaired) electrons. The molecule has 154 valence electrons. The summed E-state index contributed by atoms with van der Waals surface area (Å²) < 4.78 is 17.1. The molecular weight excluding hydrogens is 383 g/mol. The van der Waals surface area contributed by atoms with Crippen LogP contribution in [0.25, 0.3) is 22.3 Å². The maximum absolute atomic E-state index is 13.5. The molecule has 0 spiro atoms. The third kappa shape index (κ3) is 3.81. The summed E-state index contributed by atoms with van der Waals surface area (Å²) >= 11 is 0. The second kappa shape index (κ2) is 8.08. The van der Waals surface area contributed by atoms with Crippen LogP contribution in [-0.2, 0) is 13.6 Å². The minimum absolute atomic E-state index is 0.316. The average molecular weight is 406 g/mol. The van der Waals surface area contributed by atoms with E-state index < -0.39 is 0 Å². The molecule has 8 heteroatoms. The number of hydrogen-bond donors (Lipinski definition) is 1. The fourth-order valence-corrected chi connectivity index (χ4v) is 3.37. The molecule has 2 aromatic heterocycles. The smallest absolute Gasteiger partial charge is 0.261 e. The first-order valence-electron chi connectivity index (χ1n) is 9.63. The number of carbonyl (C=O) groups excluding carboxylic acids is 1. The van der Waals surface area contributed by atoms with Crippen molar-refractivity contribution in [2.45, 2.75) is 6.54 Å². The predicted octanol–water partition coefficient (Wildman–Crippen LogP) is 3.39. The number of benzene rings is 2. The molecule has 1 amide bonds. The predicted molar refractivity (Wildman–Crippen MR) is 115 cm³/mol. The highest BCUT2D eigenvalue weighted by Gasteiger charge is 2.21. The quantitative estimate of drug-likeness (QED) is 0.533. The van der Waals surface area contributed by atoms with Crippen LogP contribution in [0.15, 0.2) is 54.7 Å². The first kappa shape index (κ1) is 19.8. The molecule has 2 aromatic carbocycles. The van der Waals surface area contributed by atoms with Crippen molar-refractivity contribution in [2.75, 3.05) is 26.0 Å². The molecule has 7 nitrogen and oxygen atoms in total. The molecule has 1 N–H and O–H groups in total. The molecule has 0 aliphatic heterocycles. The van der Waals surface area contributed by atoms with Crippen molar-refractivity contribution in [3.63, 3.8) is 0 Å². The zero-order chi connectivity index (χ0) is 21.3. The van der Waals surface area contributed by atoms with Crippen LogP contribution in [0, 0.1) is 5.82 Å². The summed E-state index contributed by atoms with van der Waals surface area (Å²) in [5, 5.41) is 7.31. The van der Waals surface area contributed by atoms with E-state index in [0.29, 0.717) is 23.6 Å². The molecule has 4 aromatic rings. The third-order valence-corrected chi connectivity index (χ3v) is 4.96. The number of halogens is 1. The highest BCUT2D eigenvalue weighted by Crippen LogP contribution is 2.25. The van der Waals surface area contributed by atoms with Gasteiger partial charge >= 0.3 is 0 Å². The Labute approximate surface area is 173 Å². The molecule has 0 saturated carbocycles. The van der Waals surface area contributed by atoms with Gasteiger partial charge in [0.05, 0.1) is 35.0 Å². The van der Waals surface area contributed by atoms with Gasteiger partial charge < -0.3 is 9.47 Å². The molecule has 4 rings (SSSR count). The van der Waals surface area contributed by atoms with Gasteiger partial charge in [-0.3, -0.25) is 14.8 Å². The molecule has 2 heterocycles. The maximum Gasteiger partial charge on any atom is 0.261 e. The van der Waals surface area contributed by atoms with Crippen LogP contribution in [0.5, 0.6) is 0 Å². The number of amides is 1. The summed E-state index contributed by atoms with van der Waals surface area (Å²) in [4.78, 5) is 19.6.